The fourth-order valence-electron chi connectivity index (χ4n) is 2.53. The number of halogens is 1. The van der Waals surface area contributed by atoms with Crippen molar-refractivity contribution in [2.24, 2.45) is 0 Å². The van der Waals surface area contributed by atoms with Crippen LogP contribution in [0.5, 0.6) is 11.5 Å². The zero-order valence-corrected chi connectivity index (χ0v) is 16.6. The lowest BCUT2D eigenvalue weighted by molar-refractivity contribution is -0.385. The Hall–Kier alpha value is -3.69. The second kappa shape index (κ2) is 10.7. The van der Waals surface area contributed by atoms with E-state index in [0.717, 1.165) is 11.6 Å². The summed E-state index contributed by atoms with van der Waals surface area (Å²) in [6, 6.07) is 9.50. The van der Waals surface area contributed by atoms with Gasteiger partial charge in [-0.2, -0.15) is 0 Å². The van der Waals surface area contributed by atoms with Gasteiger partial charge in [0.25, 0.3) is 11.6 Å². The van der Waals surface area contributed by atoms with Crippen LogP contribution in [0.4, 0.5) is 10.1 Å². The second-order valence-corrected chi connectivity index (χ2v) is 6.19. The van der Waals surface area contributed by atoms with Gasteiger partial charge >= 0.3 is 0 Å². The number of carbonyl (C=O) groups excluding carboxylic acids is 2. The molecule has 0 aromatic heterocycles. The third-order valence-corrected chi connectivity index (χ3v) is 4.18. The Bertz CT molecular complexity index is 904. The van der Waals surface area contributed by atoms with Crippen molar-refractivity contribution in [3.8, 4) is 11.5 Å². The van der Waals surface area contributed by atoms with Crippen LogP contribution < -0.4 is 14.8 Å². The molecule has 160 valence electrons. The maximum absolute atomic E-state index is 12.9. The van der Waals surface area contributed by atoms with Crippen molar-refractivity contribution >= 4 is 17.5 Å². The molecular weight excluding hydrogens is 397 g/mol. The van der Waals surface area contributed by atoms with Crippen LogP contribution in [0.3, 0.4) is 0 Å². The number of hydrogen-bond donors (Lipinski definition) is 1. The third-order valence-electron chi connectivity index (χ3n) is 4.18. The van der Waals surface area contributed by atoms with E-state index in [1.54, 1.807) is 19.1 Å². The highest BCUT2D eigenvalue weighted by Gasteiger charge is 2.18. The molecule has 0 spiro atoms. The highest BCUT2D eigenvalue weighted by molar-refractivity contribution is 5.85. The Morgan fingerprint density at radius 3 is 2.47 bits per heavy atom. The molecule has 0 radical (unpaired) electrons. The van der Waals surface area contributed by atoms with Crippen molar-refractivity contribution in [3.05, 3.63) is 64.0 Å². The quantitative estimate of drug-likeness (QED) is 0.467. The number of hydrogen-bond acceptors (Lipinski definition) is 6. The van der Waals surface area contributed by atoms with Crippen molar-refractivity contribution in [2.75, 3.05) is 26.8 Å². The lowest BCUT2D eigenvalue weighted by Gasteiger charge is -2.21. The molecule has 0 aliphatic carbocycles. The highest BCUT2D eigenvalue weighted by Crippen LogP contribution is 2.31. The molecule has 2 rings (SSSR count). The minimum absolute atomic E-state index is 0.0527. The summed E-state index contributed by atoms with van der Waals surface area (Å²) in [6.45, 7) is 1.56. The summed E-state index contributed by atoms with van der Waals surface area (Å²) in [5.41, 5.74) is 0.519. The third kappa shape index (κ3) is 6.43. The van der Waals surface area contributed by atoms with Crippen LogP contribution in [-0.4, -0.2) is 48.4 Å². The SMILES string of the molecule is CCN(CC(=O)NCc1ccc(F)cc1)C(=O)COc1cc([N+](=O)[O-])ccc1OC. The molecule has 9 nitrogen and oxygen atoms in total. The summed E-state index contributed by atoms with van der Waals surface area (Å²) in [5, 5.41) is 13.6. The minimum Gasteiger partial charge on any atom is -0.493 e. The van der Waals surface area contributed by atoms with Gasteiger partial charge in [-0.15, -0.1) is 0 Å². The molecule has 0 aliphatic heterocycles. The smallest absolute Gasteiger partial charge is 0.273 e. The normalized spacial score (nSPS) is 10.2. The number of nitro benzene ring substituents is 1. The minimum atomic E-state index is -0.585. The molecule has 0 heterocycles. The summed E-state index contributed by atoms with van der Waals surface area (Å²) in [5.74, 6) is -0.927. The van der Waals surface area contributed by atoms with E-state index in [1.165, 1.54) is 36.3 Å². The molecule has 30 heavy (non-hydrogen) atoms. The Morgan fingerprint density at radius 2 is 1.87 bits per heavy atom. The van der Waals surface area contributed by atoms with Gasteiger partial charge in [0.1, 0.15) is 5.82 Å². The van der Waals surface area contributed by atoms with Crippen LogP contribution in [0.15, 0.2) is 42.5 Å². The molecule has 0 fully saturated rings. The second-order valence-electron chi connectivity index (χ2n) is 6.19. The first-order valence-electron chi connectivity index (χ1n) is 9.08. The van der Waals surface area contributed by atoms with E-state index in [9.17, 15) is 24.1 Å². The van der Waals surface area contributed by atoms with Gasteiger partial charge in [0.2, 0.25) is 5.91 Å². The molecule has 1 N–H and O–H groups in total. The molecule has 10 heteroatoms. The average molecular weight is 419 g/mol. The number of nitro groups is 1. The zero-order valence-electron chi connectivity index (χ0n) is 16.6. The molecule has 0 atom stereocenters. The number of nitrogens with zero attached hydrogens (tertiary/aromatic N) is 2. The Balaban J connectivity index is 1.91. The van der Waals surface area contributed by atoms with Gasteiger partial charge < -0.3 is 19.7 Å². The summed E-state index contributed by atoms with van der Waals surface area (Å²) in [4.78, 5) is 36.2. The molecule has 0 saturated heterocycles. The fraction of sp³-hybridized carbons (Fsp3) is 0.300. The number of nitrogens with one attached hydrogen (secondary N) is 1. The van der Waals surface area contributed by atoms with Crippen LogP contribution in [0.2, 0.25) is 0 Å². The first-order chi connectivity index (χ1) is 14.3. The van der Waals surface area contributed by atoms with E-state index in [4.69, 9.17) is 9.47 Å². The number of amides is 2. The standard InChI is InChI=1S/C20H22FN3O6/c1-3-23(12-19(25)22-11-14-4-6-15(21)7-5-14)20(26)13-30-18-10-16(24(27)28)8-9-17(18)29-2/h4-10H,3,11-13H2,1-2H3,(H,22,25). The van der Waals surface area contributed by atoms with Crippen molar-refractivity contribution in [3.63, 3.8) is 0 Å². The average Bonchev–Trinajstić information content (AvgIpc) is 2.75. The van der Waals surface area contributed by atoms with Gasteiger partial charge in [0, 0.05) is 19.2 Å². The summed E-state index contributed by atoms with van der Waals surface area (Å²) < 4.78 is 23.4. The van der Waals surface area contributed by atoms with Gasteiger partial charge in [-0.25, -0.2) is 4.39 Å². The summed E-state index contributed by atoms with van der Waals surface area (Å²) in [6.07, 6.45) is 0. The van der Waals surface area contributed by atoms with E-state index in [-0.39, 0.29) is 48.5 Å². The summed E-state index contributed by atoms with van der Waals surface area (Å²) in [7, 11) is 1.37. The Morgan fingerprint density at radius 1 is 1.17 bits per heavy atom. The van der Waals surface area contributed by atoms with Gasteiger partial charge in [0.15, 0.2) is 18.1 Å². The van der Waals surface area contributed by atoms with Crippen LogP contribution in [-0.2, 0) is 16.1 Å². The molecule has 0 saturated carbocycles. The van der Waals surface area contributed by atoms with E-state index >= 15 is 0 Å². The Kier molecular flexibility index (Phi) is 8.09. The van der Waals surface area contributed by atoms with Crippen LogP contribution in [0.1, 0.15) is 12.5 Å². The van der Waals surface area contributed by atoms with Gasteiger partial charge in [0.05, 0.1) is 24.6 Å². The lowest BCUT2D eigenvalue weighted by Crippen LogP contribution is -2.42. The van der Waals surface area contributed by atoms with E-state index in [2.05, 4.69) is 5.32 Å². The maximum atomic E-state index is 12.9. The molecule has 0 bridgehead atoms. The monoisotopic (exact) mass is 419 g/mol. The van der Waals surface area contributed by atoms with Crippen LogP contribution >= 0.6 is 0 Å². The van der Waals surface area contributed by atoms with Crippen LogP contribution in [0.25, 0.3) is 0 Å². The maximum Gasteiger partial charge on any atom is 0.273 e. The number of carbonyl (C=O) groups is 2. The van der Waals surface area contributed by atoms with Crippen molar-refractivity contribution in [1.29, 1.82) is 0 Å². The predicted octanol–water partition coefficient (Wildman–Crippen LogP) is 2.29. The van der Waals surface area contributed by atoms with Crippen molar-refractivity contribution in [2.45, 2.75) is 13.5 Å². The molecule has 2 aromatic carbocycles. The number of methoxy groups -OCH3 is 1. The highest BCUT2D eigenvalue weighted by atomic mass is 19.1. The van der Waals surface area contributed by atoms with Gasteiger partial charge in [-0.3, -0.25) is 19.7 Å². The van der Waals surface area contributed by atoms with E-state index < -0.39 is 17.4 Å². The van der Waals surface area contributed by atoms with Crippen LogP contribution in [0, 0.1) is 15.9 Å². The van der Waals surface area contributed by atoms with Gasteiger partial charge in [-0.05, 0) is 30.7 Å². The first kappa shape index (κ1) is 22.6. The number of rotatable bonds is 10. The van der Waals surface area contributed by atoms with E-state index in [0.29, 0.717) is 0 Å². The topological polar surface area (TPSA) is 111 Å². The lowest BCUT2D eigenvalue weighted by atomic mass is 10.2. The Labute approximate surface area is 172 Å². The number of likely N-dealkylation sites (N-methyl/N-ethyl adjacent to an activating group) is 1. The molecular formula is C20H22FN3O6. The number of benzene rings is 2. The van der Waals surface area contributed by atoms with Gasteiger partial charge in [-0.1, -0.05) is 12.1 Å². The molecule has 0 aliphatic rings. The van der Waals surface area contributed by atoms with Crippen molar-refractivity contribution in [1.82, 2.24) is 10.2 Å². The number of non-ortho nitro benzene ring substituents is 1. The molecule has 2 amide bonds. The predicted molar refractivity (Wildman–Crippen MR) is 106 cm³/mol. The summed E-state index contributed by atoms with van der Waals surface area (Å²) >= 11 is 0. The first-order valence-corrected chi connectivity index (χ1v) is 9.08. The fourth-order valence-corrected chi connectivity index (χ4v) is 2.53. The van der Waals surface area contributed by atoms with E-state index in [1.807, 2.05) is 0 Å². The van der Waals surface area contributed by atoms with Crippen molar-refractivity contribution < 1.29 is 28.4 Å². The number of ether oxygens (including phenoxy) is 2. The zero-order chi connectivity index (χ0) is 22.1. The molecule has 2 aromatic rings. The largest absolute Gasteiger partial charge is 0.493 e. The molecule has 0 unspecified atom stereocenters.